The molecule has 0 aliphatic carbocycles. The Morgan fingerprint density at radius 3 is 2.07 bits per heavy atom. The van der Waals surface area contributed by atoms with Gasteiger partial charge in [0, 0.05) is 11.6 Å². The zero-order chi connectivity index (χ0) is 20.5. The second kappa shape index (κ2) is 7.66. The summed E-state index contributed by atoms with van der Waals surface area (Å²) in [5.74, 6) is 0.00837. The molecule has 6 heteroatoms. The number of aromatic hydroxyl groups is 2. The Morgan fingerprint density at radius 1 is 0.821 bits per heavy atom. The van der Waals surface area contributed by atoms with Gasteiger partial charge < -0.3 is 10.2 Å². The molecule has 0 amide bonds. The molecule has 4 N–H and O–H groups in total. The van der Waals surface area contributed by atoms with Crippen molar-refractivity contribution in [3.05, 3.63) is 83.4 Å². The summed E-state index contributed by atoms with van der Waals surface area (Å²) in [5, 5.41) is 24.9. The Balaban J connectivity index is 2.16. The van der Waals surface area contributed by atoms with E-state index in [4.69, 9.17) is 5.14 Å². The fourth-order valence-corrected chi connectivity index (χ4v) is 4.42. The Kier molecular flexibility index (Phi) is 5.45. The lowest BCUT2D eigenvalue weighted by Crippen LogP contribution is -2.22. The zero-order valence-electron chi connectivity index (χ0n) is 15.7. The van der Waals surface area contributed by atoms with Crippen LogP contribution in [0, 0.1) is 0 Å². The molecule has 0 aliphatic heterocycles. The highest BCUT2D eigenvalue weighted by Gasteiger charge is 2.26. The molecule has 28 heavy (non-hydrogen) atoms. The maximum absolute atomic E-state index is 12.3. The third kappa shape index (κ3) is 4.03. The van der Waals surface area contributed by atoms with E-state index in [0.717, 1.165) is 0 Å². The number of phenols is 2. The standard InChI is InChI=1S/C22H23NO4S/c1-14(2)18-12-19(21(25)13-20(18)24)16-9-6-10-17(11-16)22(28(23,26)27)15-7-4-3-5-8-15/h3-14,22,24-25H,1-2H3,(H2,23,26,27). The Hall–Kier alpha value is -2.83. The number of benzene rings is 3. The first-order valence-electron chi connectivity index (χ1n) is 8.91. The lowest BCUT2D eigenvalue weighted by Gasteiger charge is -2.18. The minimum Gasteiger partial charge on any atom is -0.508 e. The molecule has 3 rings (SSSR count). The molecule has 0 saturated heterocycles. The summed E-state index contributed by atoms with van der Waals surface area (Å²) in [5.41, 5.74) is 2.93. The number of primary sulfonamides is 1. The minimum absolute atomic E-state index is 0.0269. The number of sulfonamides is 1. The summed E-state index contributed by atoms with van der Waals surface area (Å²) >= 11 is 0. The largest absolute Gasteiger partial charge is 0.508 e. The van der Waals surface area contributed by atoms with Gasteiger partial charge in [0.2, 0.25) is 10.0 Å². The van der Waals surface area contributed by atoms with Crippen molar-refractivity contribution in [2.75, 3.05) is 0 Å². The van der Waals surface area contributed by atoms with Gasteiger partial charge in [0.1, 0.15) is 16.7 Å². The molecular formula is C22H23NO4S. The van der Waals surface area contributed by atoms with Crippen LogP contribution in [0.4, 0.5) is 0 Å². The van der Waals surface area contributed by atoms with Crippen molar-refractivity contribution >= 4 is 10.0 Å². The van der Waals surface area contributed by atoms with Gasteiger partial charge >= 0.3 is 0 Å². The molecule has 0 spiro atoms. The molecule has 1 atom stereocenters. The number of phenolic OH excluding ortho intramolecular Hbond substituents is 2. The van der Waals surface area contributed by atoms with Crippen LogP contribution in [-0.2, 0) is 10.0 Å². The Labute approximate surface area is 165 Å². The molecule has 3 aromatic rings. The topological polar surface area (TPSA) is 101 Å². The molecule has 1 unspecified atom stereocenters. The predicted molar refractivity (Wildman–Crippen MR) is 111 cm³/mol. The molecule has 0 radical (unpaired) electrons. The molecule has 5 nitrogen and oxygen atoms in total. The number of nitrogens with two attached hydrogens (primary N) is 1. The summed E-state index contributed by atoms with van der Waals surface area (Å²) in [6.07, 6.45) is 0. The predicted octanol–water partition coefficient (Wildman–Crippen LogP) is 4.27. The molecular weight excluding hydrogens is 374 g/mol. The van der Waals surface area contributed by atoms with E-state index in [1.165, 1.54) is 6.07 Å². The van der Waals surface area contributed by atoms with E-state index < -0.39 is 15.3 Å². The van der Waals surface area contributed by atoms with Gasteiger partial charge in [-0.1, -0.05) is 62.4 Å². The quantitative estimate of drug-likeness (QED) is 0.598. The van der Waals surface area contributed by atoms with E-state index in [1.807, 2.05) is 19.9 Å². The second-order valence-corrected chi connectivity index (χ2v) is 8.74. The number of hydrogen-bond donors (Lipinski definition) is 3. The summed E-state index contributed by atoms with van der Waals surface area (Å²) in [7, 11) is -3.91. The van der Waals surface area contributed by atoms with Crippen LogP contribution in [0.15, 0.2) is 66.7 Å². The van der Waals surface area contributed by atoms with Gasteiger partial charge in [0.05, 0.1) is 0 Å². The molecule has 0 saturated carbocycles. The minimum atomic E-state index is -3.91. The van der Waals surface area contributed by atoms with Gasteiger partial charge in [-0.05, 0) is 40.3 Å². The van der Waals surface area contributed by atoms with Gasteiger partial charge in [-0.3, -0.25) is 0 Å². The van der Waals surface area contributed by atoms with Crippen molar-refractivity contribution < 1.29 is 18.6 Å². The average Bonchev–Trinajstić information content (AvgIpc) is 2.61. The molecule has 0 bridgehead atoms. The van der Waals surface area contributed by atoms with E-state index in [9.17, 15) is 18.6 Å². The van der Waals surface area contributed by atoms with Crippen LogP contribution in [0.5, 0.6) is 11.5 Å². The number of rotatable bonds is 5. The Morgan fingerprint density at radius 2 is 1.46 bits per heavy atom. The number of hydrogen-bond acceptors (Lipinski definition) is 4. The second-order valence-electron chi connectivity index (χ2n) is 7.09. The maximum atomic E-state index is 12.3. The van der Waals surface area contributed by atoms with E-state index in [1.54, 1.807) is 54.6 Å². The summed E-state index contributed by atoms with van der Waals surface area (Å²) in [6, 6.07) is 18.7. The highest BCUT2D eigenvalue weighted by molar-refractivity contribution is 7.89. The first-order chi connectivity index (χ1) is 13.2. The summed E-state index contributed by atoms with van der Waals surface area (Å²) in [4.78, 5) is 0. The maximum Gasteiger partial charge on any atom is 0.220 e. The van der Waals surface area contributed by atoms with Crippen molar-refractivity contribution in [2.45, 2.75) is 25.0 Å². The lowest BCUT2D eigenvalue weighted by molar-refractivity contribution is 0.445. The van der Waals surface area contributed by atoms with E-state index in [0.29, 0.717) is 27.8 Å². The van der Waals surface area contributed by atoms with Gasteiger partial charge in [0.15, 0.2) is 0 Å². The van der Waals surface area contributed by atoms with Crippen LogP contribution in [0.3, 0.4) is 0 Å². The lowest BCUT2D eigenvalue weighted by atomic mass is 9.94. The van der Waals surface area contributed by atoms with Crippen LogP contribution in [0.2, 0.25) is 0 Å². The summed E-state index contributed by atoms with van der Waals surface area (Å²) < 4.78 is 24.7. The van der Waals surface area contributed by atoms with Crippen LogP contribution >= 0.6 is 0 Å². The van der Waals surface area contributed by atoms with E-state index in [2.05, 4.69) is 0 Å². The normalized spacial score (nSPS) is 12.9. The van der Waals surface area contributed by atoms with E-state index in [-0.39, 0.29) is 17.4 Å². The smallest absolute Gasteiger partial charge is 0.220 e. The SMILES string of the molecule is CC(C)c1cc(-c2cccc(C(c3ccccc3)S(N)(=O)=O)c2)c(O)cc1O. The fourth-order valence-electron chi connectivity index (χ4n) is 3.36. The highest BCUT2D eigenvalue weighted by Crippen LogP contribution is 2.39. The fraction of sp³-hybridized carbons (Fsp3) is 0.182. The monoisotopic (exact) mass is 397 g/mol. The van der Waals surface area contributed by atoms with Gasteiger partial charge in [-0.2, -0.15) is 0 Å². The first kappa shape index (κ1) is 19.9. The molecule has 0 aliphatic rings. The molecule has 0 aromatic heterocycles. The van der Waals surface area contributed by atoms with Crippen molar-refractivity contribution in [2.24, 2.45) is 5.14 Å². The van der Waals surface area contributed by atoms with E-state index >= 15 is 0 Å². The van der Waals surface area contributed by atoms with Crippen LogP contribution in [0.25, 0.3) is 11.1 Å². The Bertz CT molecular complexity index is 1090. The molecule has 146 valence electrons. The van der Waals surface area contributed by atoms with Gasteiger partial charge in [0.25, 0.3) is 0 Å². The van der Waals surface area contributed by atoms with Gasteiger partial charge in [-0.25, -0.2) is 13.6 Å². The molecule has 0 fully saturated rings. The first-order valence-corrected chi connectivity index (χ1v) is 10.5. The third-order valence-corrected chi connectivity index (χ3v) is 5.90. The average molecular weight is 397 g/mol. The highest BCUT2D eigenvalue weighted by atomic mass is 32.2. The molecule has 3 aromatic carbocycles. The van der Waals surface area contributed by atoms with Crippen molar-refractivity contribution in [1.82, 2.24) is 0 Å². The van der Waals surface area contributed by atoms with Crippen molar-refractivity contribution in [3.63, 3.8) is 0 Å². The van der Waals surface area contributed by atoms with Gasteiger partial charge in [-0.15, -0.1) is 0 Å². The molecule has 0 heterocycles. The van der Waals surface area contributed by atoms with Crippen molar-refractivity contribution in [1.29, 1.82) is 0 Å². The summed E-state index contributed by atoms with van der Waals surface area (Å²) in [6.45, 7) is 3.89. The zero-order valence-corrected chi connectivity index (χ0v) is 16.5. The van der Waals surface area contributed by atoms with Crippen LogP contribution in [-0.4, -0.2) is 18.6 Å². The third-order valence-electron chi connectivity index (χ3n) is 4.70. The van der Waals surface area contributed by atoms with Crippen LogP contribution in [0.1, 0.15) is 41.7 Å². The van der Waals surface area contributed by atoms with Crippen LogP contribution < -0.4 is 5.14 Å². The van der Waals surface area contributed by atoms with Crippen molar-refractivity contribution in [3.8, 4) is 22.6 Å².